The van der Waals surface area contributed by atoms with E-state index in [0.717, 1.165) is 12.1 Å². The molecular weight excluding hydrogens is 313 g/mol. The van der Waals surface area contributed by atoms with Crippen molar-refractivity contribution in [2.24, 2.45) is 5.73 Å². The topological polar surface area (TPSA) is 35.2 Å². The average Bonchev–Trinajstić information content (AvgIpc) is 2.17. The summed E-state index contributed by atoms with van der Waals surface area (Å²) < 4.78 is 64.8. The van der Waals surface area contributed by atoms with Crippen molar-refractivity contribution < 1.29 is 26.7 Å². The second-order valence-corrected chi connectivity index (χ2v) is 4.01. The van der Waals surface area contributed by atoms with Gasteiger partial charge in [0, 0.05) is 10.0 Å². The maximum Gasteiger partial charge on any atom is 0.573 e. The van der Waals surface area contributed by atoms with E-state index in [0.29, 0.717) is 4.47 Å². The molecule has 2 nitrogen and oxygen atoms in total. The summed E-state index contributed by atoms with van der Waals surface area (Å²) in [5.41, 5.74) is 4.70. The smallest absolute Gasteiger partial charge is 0.405 e. The number of hydrogen-bond acceptors (Lipinski definition) is 2. The van der Waals surface area contributed by atoms with Gasteiger partial charge in [0.25, 0.3) is 6.43 Å². The minimum Gasteiger partial charge on any atom is -0.405 e. The Hall–Kier alpha value is -0.890. The van der Waals surface area contributed by atoms with Gasteiger partial charge in [0.2, 0.25) is 0 Å². The van der Waals surface area contributed by atoms with Crippen molar-refractivity contribution in [1.29, 1.82) is 0 Å². The standard InChI is InChI=1S/C9H7BrF5NO/c10-4-1-2-6(17-9(13,14)15)5(3-4)7(16)8(11)12/h1-3,7-8H,16H2/t7-/m1/s1. The van der Waals surface area contributed by atoms with Gasteiger partial charge in [-0.1, -0.05) is 15.9 Å². The van der Waals surface area contributed by atoms with Crippen LogP contribution in [0.3, 0.4) is 0 Å². The first-order chi connectivity index (χ1) is 7.70. The highest BCUT2D eigenvalue weighted by atomic mass is 79.9. The van der Waals surface area contributed by atoms with Crippen LogP contribution < -0.4 is 10.5 Å². The Labute approximate surface area is 102 Å². The van der Waals surface area contributed by atoms with Gasteiger partial charge in [-0.05, 0) is 18.2 Å². The van der Waals surface area contributed by atoms with Crippen LogP contribution in [0.1, 0.15) is 11.6 Å². The van der Waals surface area contributed by atoms with Crippen molar-refractivity contribution in [3.63, 3.8) is 0 Å². The fourth-order valence-corrected chi connectivity index (χ4v) is 1.51. The highest BCUT2D eigenvalue weighted by molar-refractivity contribution is 9.10. The third kappa shape index (κ3) is 4.12. The third-order valence-electron chi connectivity index (χ3n) is 1.83. The molecule has 0 radical (unpaired) electrons. The third-order valence-corrected chi connectivity index (χ3v) is 2.32. The number of ether oxygens (including phenoxy) is 1. The molecule has 17 heavy (non-hydrogen) atoms. The summed E-state index contributed by atoms with van der Waals surface area (Å²) in [6.45, 7) is 0. The van der Waals surface area contributed by atoms with Gasteiger partial charge in [-0.15, -0.1) is 13.2 Å². The molecule has 0 saturated carbocycles. The Morgan fingerprint density at radius 2 is 1.82 bits per heavy atom. The highest BCUT2D eigenvalue weighted by Gasteiger charge is 2.33. The largest absolute Gasteiger partial charge is 0.573 e. The molecule has 0 aliphatic rings. The van der Waals surface area contributed by atoms with E-state index in [1.165, 1.54) is 6.07 Å². The Balaban J connectivity index is 3.12. The van der Waals surface area contributed by atoms with Gasteiger partial charge in [0.1, 0.15) is 5.75 Å². The molecule has 0 spiro atoms. The highest BCUT2D eigenvalue weighted by Crippen LogP contribution is 2.33. The van der Waals surface area contributed by atoms with Crippen molar-refractivity contribution in [3.05, 3.63) is 28.2 Å². The van der Waals surface area contributed by atoms with Crippen LogP contribution in [0.5, 0.6) is 5.75 Å². The van der Waals surface area contributed by atoms with E-state index in [4.69, 9.17) is 5.73 Å². The van der Waals surface area contributed by atoms with Gasteiger partial charge >= 0.3 is 6.36 Å². The van der Waals surface area contributed by atoms with E-state index in [-0.39, 0.29) is 0 Å². The minimum absolute atomic E-state index is 0.332. The molecule has 8 heteroatoms. The lowest BCUT2D eigenvalue weighted by Crippen LogP contribution is -2.23. The molecule has 0 aromatic heterocycles. The summed E-state index contributed by atoms with van der Waals surface area (Å²) in [5.74, 6) is -0.728. The van der Waals surface area contributed by atoms with Gasteiger partial charge in [0.05, 0.1) is 6.04 Å². The lowest BCUT2D eigenvalue weighted by Gasteiger charge is -2.17. The summed E-state index contributed by atoms with van der Waals surface area (Å²) in [6, 6.07) is 1.39. The van der Waals surface area contributed by atoms with Crippen molar-refractivity contribution in [2.45, 2.75) is 18.8 Å². The van der Waals surface area contributed by atoms with E-state index in [9.17, 15) is 22.0 Å². The zero-order chi connectivity index (χ0) is 13.2. The van der Waals surface area contributed by atoms with Crippen molar-refractivity contribution in [1.82, 2.24) is 0 Å². The van der Waals surface area contributed by atoms with Crippen LogP contribution in [0.4, 0.5) is 22.0 Å². The van der Waals surface area contributed by atoms with Gasteiger partial charge in [-0.2, -0.15) is 0 Å². The van der Waals surface area contributed by atoms with Gasteiger partial charge in [-0.3, -0.25) is 0 Å². The monoisotopic (exact) mass is 319 g/mol. The molecule has 0 aliphatic heterocycles. The second-order valence-electron chi connectivity index (χ2n) is 3.09. The number of hydrogen-bond donors (Lipinski definition) is 1. The molecule has 0 aliphatic carbocycles. The van der Waals surface area contributed by atoms with Crippen LogP contribution in [0.2, 0.25) is 0 Å². The first kappa shape index (κ1) is 14.2. The number of alkyl halides is 5. The van der Waals surface area contributed by atoms with E-state index < -0.39 is 30.1 Å². The van der Waals surface area contributed by atoms with Crippen molar-refractivity contribution in [2.75, 3.05) is 0 Å². The fourth-order valence-electron chi connectivity index (χ4n) is 1.13. The molecular formula is C9H7BrF5NO. The van der Waals surface area contributed by atoms with Crippen LogP contribution >= 0.6 is 15.9 Å². The molecule has 0 bridgehead atoms. The molecule has 0 amide bonds. The van der Waals surface area contributed by atoms with E-state index in [1.54, 1.807) is 0 Å². The lowest BCUT2D eigenvalue weighted by atomic mass is 10.1. The second kappa shape index (κ2) is 5.18. The predicted octanol–water partition coefficient (Wildman–Crippen LogP) is 3.61. The summed E-state index contributed by atoms with van der Waals surface area (Å²) in [6.07, 6.45) is -7.94. The number of rotatable bonds is 3. The molecule has 0 heterocycles. The van der Waals surface area contributed by atoms with Crippen LogP contribution in [0.25, 0.3) is 0 Å². The summed E-state index contributed by atoms with van der Waals surface area (Å²) in [5, 5.41) is 0. The number of nitrogens with two attached hydrogens (primary N) is 1. The average molecular weight is 320 g/mol. The van der Waals surface area contributed by atoms with Crippen LogP contribution in [-0.4, -0.2) is 12.8 Å². The predicted molar refractivity (Wildman–Crippen MR) is 53.8 cm³/mol. The molecule has 0 unspecified atom stereocenters. The minimum atomic E-state index is -4.95. The Morgan fingerprint density at radius 1 is 1.24 bits per heavy atom. The SMILES string of the molecule is N[C@H](c1cc(Br)ccc1OC(F)(F)F)C(F)F. The van der Waals surface area contributed by atoms with Crippen molar-refractivity contribution >= 4 is 15.9 Å². The number of benzene rings is 1. The van der Waals surface area contributed by atoms with Crippen molar-refractivity contribution in [3.8, 4) is 5.75 Å². The zero-order valence-electron chi connectivity index (χ0n) is 8.14. The summed E-state index contributed by atoms with van der Waals surface area (Å²) >= 11 is 2.96. The first-order valence-corrected chi connectivity index (χ1v) is 5.09. The number of halogens is 6. The normalized spacial score (nSPS) is 13.9. The van der Waals surface area contributed by atoms with E-state index in [2.05, 4.69) is 20.7 Å². The summed E-state index contributed by atoms with van der Waals surface area (Å²) in [7, 11) is 0. The molecule has 1 aromatic carbocycles. The summed E-state index contributed by atoms with van der Waals surface area (Å²) in [4.78, 5) is 0. The lowest BCUT2D eigenvalue weighted by molar-refractivity contribution is -0.275. The Morgan fingerprint density at radius 3 is 2.29 bits per heavy atom. The zero-order valence-corrected chi connectivity index (χ0v) is 9.73. The van der Waals surface area contributed by atoms with Gasteiger partial charge < -0.3 is 10.5 Å². The van der Waals surface area contributed by atoms with E-state index >= 15 is 0 Å². The Kier molecular flexibility index (Phi) is 4.31. The quantitative estimate of drug-likeness (QED) is 0.864. The first-order valence-electron chi connectivity index (χ1n) is 4.29. The molecule has 96 valence electrons. The Bertz CT molecular complexity index is 395. The van der Waals surface area contributed by atoms with Crippen LogP contribution in [-0.2, 0) is 0 Å². The molecule has 0 fully saturated rings. The van der Waals surface area contributed by atoms with E-state index in [1.807, 2.05) is 0 Å². The van der Waals surface area contributed by atoms with Gasteiger partial charge in [0.15, 0.2) is 0 Å². The molecule has 1 aromatic rings. The van der Waals surface area contributed by atoms with Crippen LogP contribution in [0, 0.1) is 0 Å². The molecule has 0 saturated heterocycles. The maximum atomic E-state index is 12.4. The van der Waals surface area contributed by atoms with Gasteiger partial charge in [-0.25, -0.2) is 8.78 Å². The molecule has 1 rings (SSSR count). The van der Waals surface area contributed by atoms with Crippen LogP contribution in [0.15, 0.2) is 22.7 Å². The fraction of sp³-hybridized carbons (Fsp3) is 0.333. The molecule has 2 N–H and O–H groups in total. The maximum absolute atomic E-state index is 12.4. The molecule has 1 atom stereocenters.